The number of carboxylic acids is 1. The Labute approximate surface area is 181 Å². The van der Waals surface area contributed by atoms with Crippen LogP contribution in [-0.4, -0.2) is 35.9 Å². The summed E-state index contributed by atoms with van der Waals surface area (Å²) in [5, 5.41) is 9.34. The number of aliphatic carboxylic acids is 1. The molecule has 0 aromatic carbocycles. The van der Waals surface area contributed by atoms with Crippen LogP contribution in [0.25, 0.3) is 0 Å². The molecule has 2 saturated heterocycles. The molecule has 0 amide bonds. The third-order valence-electron chi connectivity index (χ3n) is 9.38. The number of esters is 1. The molecule has 5 fully saturated rings. The largest absolute Gasteiger partial charge is 0.481 e. The highest BCUT2D eigenvalue weighted by Crippen LogP contribution is 2.65. The summed E-state index contributed by atoms with van der Waals surface area (Å²) in [6, 6.07) is 0. The van der Waals surface area contributed by atoms with Crippen molar-refractivity contribution in [3.63, 3.8) is 0 Å². The van der Waals surface area contributed by atoms with E-state index in [1.165, 1.54) is 25.7 Å². The van der Waals surface area contributed by atoms with Gasteiger partial charge in [-0.05, 0) is 67.6 Å². The molecule has 0 radical (unpaired) electrons. The molecular formula is C25H40O5. The Morgan fingerprint density at radius 2 is 1.57 bits per heavy atom. The maximum atomic E-state index is 11.4. The molecule has 5 rings (SSSR count). The molecule has 11 unspecified atom stereocenters. The number of cyclic esters (lactones) is 1. The molecular weight excluding hydrogens is 380 g/mol. The summed E-state index contributed by atoms with van der Waals surface area (Å²) in [6.07, 6.45) is 8.37. The maximum absolute atomic E-state index is 11.4. The van der Waals surface area contributed by atoms with E-state index in [9.17, 15) is 14.7 Å². The van der Waals surface area contributed by atoms with E-state index < -0.39 is 5.97 Å². The molecule has 2 heterocycles. The minimum atomic E-state index is -0.522. The number of hydrogen-bond donors (Lipinski definition) is 1. The molecule has 1 N–H and O–H groups in total. The molecule has 170 valence electrons. The first-order valence-electron chi connectivity index (χ1n) is 12.5. The van der Waals surface area contributed by atoms with Crippen LogP contribution in [0, 0.1) is 53.3 Å². The highest BCUT2D eigenvalue weighted by molar-refractivity contribution is 5.76. The second-order valence-corrected chi connectivity index (χ2v) is 10.4. The predicted molar refractivity (Wildman–Crippen MR) is 114 cm³/mol. The van der Waals surface area contributed by atoms with E-state index in [1.54, 1.807) is 0 Å². The van der Waals surface area contributed by atoms with Gasteiger partial charge in [0.1, 0.15) is 0 Å². The third kappa shape index (κ3) is 3.49. The van der Waals surface area contributed by atoms with E-state index in [4.69, 9.17) is 9.47 Å². The summed E-state index contributed by atoms with van der Waals surface area (Å²) in [4.78, 5) is 22.7. The summed E-state index contributed by atoms with van der Waals surface area (Å²) >= 11 is 0. The van der Waals surface area contributed by atoms with Crippen LogP contribution in [0.3, 0.4) is 0 Å². The lowest BCUT2D eigenvalue weighted by molar-refractivity contribution is -0.145. The maximum Gasteiger partial charge on any atom is 0.312 e. The molecule has 5 nitrogen and oxygen atoms in total. The van der Waals surface area contributed by atoms with Crippen molar-refractivity contribution in [2.75, 3.05) is 6.61 Å². The van der Waals surface area contributed by atoms with E-state index in [0.717, 1.165) is 48.9 Å². The van der Waals surface area contributed by atoms with Crippen molar-refractivity contribution in [3.05, 3.63) is 0 Å². The number of fused-ring (bicyclic) bond motifs is 6. The lowest BCUT2D eigenvalue weighted by Gasteiger charge is -2.34. The summed E-state index contributed by atoms with van der Waals surface area (Å²) < 4.78 is 10.9. The average molecular weight is 421 g/mol. The highest BCUT2D eigenvalue weighted by atomic mass is 16.6. The molecule has 30 heavy (non-hydrogen) atoms. The number of carbonyl (C=O) groups excluding carboxylic acids is 1. The van der Waals surface area contributed by atoms with E-state index in [0.29, 0.717) is 18.4 Å². The fraction of sp³-hybridized carbons (Fsp3) is 0.920. The first-order valence-corrected chi connectivity index (χ1v) is 12.5. The first-order chi connectivity index (χ1) is 14.4. The minimum absolute atomic E-state index is 0.00842. The second-order valence-electron chi connectivity index (χ2n) is 10.4. The van der Waals surface area contributed by atoms with Crippen LogP contribution in [0.2, 0.25) is 0 Å². The number of carboxylic acid groups (broad SMARTS) is 1. The Kier molecular flexibility index (Phi) is 6.48. The van der Waals surface area contributed by atoms with Gasteiger partial charge < -0.3 is 14.6 Å². The van der Waals surface area contributed by atoms with Crippen molar-refractivity contribution in [3.8, 4) is 0 Å². The Hall–Kier alpha value is -1.10. The van der Waals surface area contributed by atoms with Crippen molar-refractivity contribution in [1.29, 1.82) is 0 Å². The zero-order valence-electron chi connectivity index (χ0n) is 19.1. The normalized spacial score (nSPS) is 48.1. The van der Waals surface area contributed by atoms with Gasteiger partial charge in [0.25, 0.3) is 0 Å². The van der Waals surface area contributed by atoms with Gasteiger partial charge >= 0.3 is 11.9 Å². The van der Waals surface area contributed by atoms with Crippen LogP contribution in [0.15, 0.2) is 0 Å². The first kappa shape index (κ1) is 22.1. The molecule has 0 aromatic rings. The van der Waals surface area contributed by atoms with Crippen LogP contribution >= 0.6 is 0 Å². The molecule has 2 bridgehead atoms. The van der Waals surface area contributed by atoms with Gasteiger partial charge in [-0.3, -0.25) is 9.59 Å². The number of rotatable bonds is 5. The zero-order valence-corrected chi connectivity index (χ0v) is 19.1. The molecule has 0 spiro atoms. The van der Waals surface area contributed by atoms with Gasteiger partial charge in [-0.2, -0.15) is 0 Å². The van der Waals surface area contributed by atoms with Gasteiger partial charge in [-0.25, -0.2) is 0 Å². The predicted octanol–water partition coefficient (Wildman–Crippen LogP) is 4.78. The number of carbonyl (C=O) groups is 2. The topological polar surface area (TPSA) is 72.8 Å². The Morgan fingerprint density at radius 3 is 2.17 bits per heavy atom. The Morgan fingerprint density at radius 1 is 0.900 bits per heavy atom. The van der Waals surface area contributed by atoms with E-state index >= 15 is 0 Å². The molecule has 3 saturated carbocycles. The molecule has 2 aliphatic heterocycles. The van der Waals surface area contributed by atoms with Gasteiger partial charge in [0.15, 0.2) is 0 Å². The van der Waals surface area contributed by atoms with Crippen molar-refractivity contribution >= 4 is 11.9 Å². The second kappa shape index (κ2) is 8.80. The molecule has 3 aliphatic carbocycles. The van der Waals surface area contributed by atoms with E-state index in [1.807, 2.05) is 0 Å². The van der Waals surface area contributed by atoms with Gasteiger partial charge in [-0.1, -0.05) is 40.5 Å². The number of hydrogen-bond acceptors (Lipinski definition) is 4. The molecule has 11 atom stereocenters. The van der Waals surface area contributed by atoms with Crippen molar-refractivity contribution in [2.45, 2.75) is 84.8 Å². The fourth-order valence-corrected chi connectivity index (χ4v) is 8.16. The summed E-state index contributed by atoms with van der Waals surface area (Å²) in [6.45, 7) is 9.34. The summed E-state index contributed by atoms with van der Waals surface area (Å²) in [7, 11) is 0. The minimum Gasteiger partial charge on any atom is -0.481 e. The quantitative estimate of drug-likeness (QED) is 0.648. The highest BCUT2D eigenvalue weighted by Gasteiger charge is 2.60. The number of ether oxygens (including phenoxy) is 2. The zero-order chi connectivity index (χ0) is 21.6. The monoisotopic (exact) mass is 420 g/mol. The molecule has 0 aromatic heterocycles. The summed E-state index contributed by atoms with van der Waals surface area (Å²) in [5.41, 5.74) is 0. The molecule has 5 aliphatic rings. The van der Waals surface area contributed by atoms with Crippen molar-refractivity contribution in [2.24, 2.45) is 53.3 Å². The van der Waals surface area contributed by atoms with Gasteiger partial charge in [0, 0.05) is 5.92 Å². The fourth-order valence-electron chi connectivity index (χ4n) is 8.16. The van der Waals surface area contributed by atoms with Crippen molar-refractivity contribution < 1.29 is 24.2 Å². The Bertz CT molecular complexity index is 647. The molecule has 5 heteroatoms. The van der Waals surface area contributed by atoms with Crippen molar-refractivity contribution in [1.82, 2.24) is 0 Å². The third-order valence-corrected chi connectivity index (χ3v) is 9.38. The van der Waals surface area contributed by atoms with Gasteiger partial charge in [0.05, 0.1) is 30.7 Å². The van der Waals surface area contributed by atoms with Crippen LogP contribution in [-0.2, 0) is 19.1 Å². The Balaban J connectivity index is 0.000000151. The SMILES string of the molecule is CCC1CC(CC)C2C3CC(CC3C(=O)O)C12.CCC1OC(CC)C2C(=O)OCC12. The average Bonchev–Trinajstić information content (AvgIpc) is 3.53. The van der Waals surface area contributed by atoms with Gasteiger partial charge in [0.2, 0.25) is 0 Å². The lowest BCUT2D eigenvalue weighted by Crippen LogP contribution is -2.33. The van der Waals surface area contributed by atoms with Crippen LogP contribution in [0.1, 0.15) is 72.6 Å². The van der Waals surface area contributed by atoms with Gasteiger partial charge in [-0.15, -0.1) is 0 Å². The van der Waals surface area contributed by atoms with Crippen LogP contribution < -0.4 is 0 Å². The van der Waals surface area contributed by atoms with Crippen LogP contribution in [0.4, 0.5) is 0 Å². The van der Waals surface area contributed by atoms with E-state index in [-0.39, 0.29) is 30.0 Å². The lowest BCUT2D eigenvalue weighted by atomic mass is 9.70. The smallest absolute Gasteiger partial charge is 0.312 e. The van der Waals surface area contributed by atoms with Crippen LogP contribution in [0.5, 0.6) is 0 Å². The standard InChI is InChI=1S/C15H24O2.C10H16O3/c1-3-8-5-9(4-2)14-11-6-10(13(8)14)7-12(11)15(16)17;1-3-7-6-5-12-10(11)9(6)8(4-2)13-7/h8-14H,3-7H2,1-2H3,(H,16,17);6-9H,3-5H2,1-2H3. The van der Waals surface area contributed by atoms with E-state index in [2.05, 4.69) is 27.7 Å². The summed E-state index contributed by atoms with van der Waals surface area (Å²) in [5.74, 6) is 4.38.